The number of likely N-dealkylation sites (tertiary alicyclic amines) is 1. The number of rotatable bonds is 3. The van der Waals surface area contributed by atoms with E-state index in [1.807, 2.05) is 6.92 Å². The Kier molecular flexibility index (Phi) is 5.46. The topological polar surface area (TPSA) is 77.9 Å². The molecule has 138 valence electrons. The summed E-state index contributed by atoms with van der Waals surface area (Å²) in [4.78, 5) is 14.5. The summed E-state index contributed by atoms with van der Waals surface area (Å²) in [6, 6.07) is 6.33. The molecule has 7 heteroatoms. The van der Waals surface area contributed by atoms with E-state index in [1.54, 1.807) is 27.4 Å². The van der Waals surface area contributed by atoms with E-state index in [9.17, 15) is 18.3 Å². The fraction of sp³-hybridized carbons (Fsp3) is 0.611. The molecular formula is C18H26N2O4S. The molecule has 2 aliphatic rings. The Morgan fingerprint density at radius 3 is 2.52 bits per heavy atom. The second-order valence-electron chi connectivity index (χ2n) is 7.01. The van der Waals surface area contributed by atoms with Crippen LogP contribution in [-0.2, 0) is 10.0 Å². The number of aliphatic hydroxyl groups is 1. The van der Waals surface area contributed by atoms with Gasteiger partial charge < -0.3 is 10.0 Å². The molecule has 6 nitrogen and oxygen atoms in total. The highest BCUT2D eigenvalue weighted by molar-refractivity contribution is 7.89. The quantitative estimate of drug-likeness (QED) is 0.885. The van der Waals surface area contributed by atoms with E-state index in [-0.39, 0.29) is 22.9 Å². The fourth-order valence-electron chi connectivity index (χ4n) is 3.61. The van der Waals surface area contributed by atoms with Crippen molar-refractivity contribution < 1.29 is 18.3 Å². The van der Waals surface area contributed by atoms with Gasteiger partial charge in [-0.15, -0.1) is 0 Å². The van der Waals surface area contributed by atoms with Crippen LogP contribution in [0.3, 0.4) is 0 Å². The second-order valence-corrected chi connectivity index (χ2v) is 8.90. The molecule has 0 aliphatic carbocycles. The zero-order valence-electron chi connectivity index (χ0n) is 14.6. The van der Waals surface area contributed by atoms with Crippen LogP contribution in [0.4, 0.5) is 0 Å². The summed E-state index contributed by atoms with van der Waals surface area (Å²) in [6.45, 7) is 3.47. The lowest BCUT2D eigenvalue weighted by atomic mass is 10.1. The first-order chi connectivity index (χ1) is 11.9. The molecule has 1 amide bonds. The lowest BCUT2D eigenvalue weighted by molar-refractivity contribution is 0.0546. The van der Waals surface area contributed by atoms with Gasteiger partial charge in [-0.2, -0.15) is 4.31 Å². The van der Waals surface area contributed by atoms with Crippen LogP contribution >= 0.6 is 0 Å². The minimum Gasteiger partial charge on any atom is -0.393 e. The van der Waals surface area contributed by atoms with E-state index in [2.05, 4.69) is 0 Å². The number of amides is 1. The van der Waals surface area contributed by atoms with Crippen LogP contribution in [0, 0.1) is 0 Å². The molecular weight excluding hydrogens is 340 g/mol. The van der Waals surface area contributed by atoms with Crippen molar-refractivity contribution in [2.45, 2.75) is 56.1 Å². The molecule has 2 fully saturated rings. The molecule has 25 heavy (non-hydrogen) atoms. The number of sulfonamides is 1. The lowest BCUT2D eigenvalue weighted by Crippen LogP contribution is -2.42. The van der Waals surface area contributed by atoms with Gasteiger partial charge in [0.25, 0.3) is 5.91 Å². The van der Waals surface area contributed by atoms with Crippen LogP contribution < -0.4 is 0 Å². The third-order valence-electron chi connectivity index (χ3n) is 5.18. The second kappa shape index (κ2) is 7.43. The van der Waals surface area contributed by atoms with Crippen molar-refractivity contribution >= 4 is 15.9 Å². The number of nitrogens with zero attached hydrogens (tertiary/aromatic N) is 2. The standard InChI is InChI=1S/C18H26N2O4S/c1-14-5-2-3-10-20(14)25(23,24)17-7-4-6-15(13-17)18(22)19-11-8-16(21)9-12-19/h4,6-7,13-14,16,21H,2-3,5,8-12H2,1H3. The molecule has 3 rings (SSSR count). The van der Waals surface area contributed by atoms with Crippen molar-refractivity contribution in [3.05, 3.63) is 29.8 Å². The van der Waals surface area contributed by atoms with Crippen LogP contribution in [0.2, 0.25) is 0 Å². The number of hydrogen-bond acceptors (Lipinski definition) is 4. The van der Waals surface area contributed by atoms with Gasteiger partial charge in [-0.05, 0) is 50.8 Å². The van der Waals surface area contributed by atoms with E-state index in [4.69, 9.17) is 0 Å². The van der Waals surface area contributed by atoms with Crippen molar-refractivity contribution in [3.8, 4) is 0 Å². The van der Waals surface area contributed by atoms with Gasteiger partial charge in [0.15, 0.2) is 0 Å². The number of carbonyl (C=O) groups excluding carboxylic acids is 1. The molecule has 1 aromatic rings. The van der Waals surface area contributed by atoms with E-state index in [1.165, 1.54) is 6.07 Å². The molecule has 0 radical (unpaired) electrons. The van der Waals surface area contributed by atoms with Crippen LogP contribution in [0.1, 0.15) is 49.4 Å². The number of piperidine rings is 2. The molecule has 1 unspecified atom stereocenters. The summed E-state index contributed by atoms with van der Waals surface area (Å²) in [5.41, 5.74) is 0.391. The van der Waals surface area contributed by atoms with Crippen molar-refractivity contribution in [3.63, 3.8) is 0 Å². The average Bonchev–Trinajstić information content (AvgIpc) is 2.62. The Labute approximate surface area is 149 Å². The van der Waals surface area contributed by atoms with Gasteiger partial charge in [0.05, 0.1) is 11.0 Å². The highest BCUT2D eigenvalue weighted by Gasteiger charge is 2.31. The Morgan fingerprint density at radius 1 is 1.12 bits per heavy atom. The summed E-state index contributed by atoms with van der Waals surface area (Å²) >= 11 is 0. The normalized spacial score (nSPS) is 23.6. The number of hydrogen-bond donors (Lipinski definition) is 1. The Morgan fingerprint density at radius 2 is 1.84 bits per heavy atom. The van der Waals surface area contributed by atoms with Crippen molar-refractivity contribution in [1.82, 2.24) is 9.21 Å². The van der Waals surface area contributed by atoms with Gasteiger partial charge in [0.2, 0.25) is 10.0 Å². The largest absolute Gasteiger partial charge is 0.393 e. The third-order valence-corrected chi connectivity index (χ3v) is 7.19. The van der Waals surface area contributed by atoms with Crippen molar-refractivity contribution in [2.24, 2.45) is 0 Å². The third kappa shape index (κ3) is 3.88. The maximum absolute atomic E-state index is 13.0. The van der Waals surface area contributed by atoms with Crippen LogP contribution in [0.5, 0.6) is 0 Å². The molecule has 0 saturated carbocycles. The van der Waals surface area contributed by atoms with Crippen molar-refractivity contribution in [1.29, 1.82) is 0 Å². The monoisotopic (exact) mass is 366 g/mol. The molecule has 1 N–H and O–H groups in total. The highest BCUT2D eigenvalue weighted by atomic mass is 32.2. The summed E-state index contributed by atoms with van der Waals surface area (Å²) in [6.07, 6.45) is 3.57. The lowest BCUT2D eigenvalue weighted by Gasteiger charge is -2.32. The zero-order valence-corrected chi connectivity index (χ0v) is 15.4. The average molecular weight is 366 g/mol. The Bertz CT molecular complexity index is 726. The van der Waals surface area contributed by atoms with Gasteiger partial charge >= 0.3 is 0 Å². The summed E-state index contributed by atoms with van der Waals surface area (Å²) < 4.78 is 27.5. The maximum atomic E-state index is 13.0. The van der Waals surface area contributed by atoms with Crippen LogP contribution in [0.15, 0.2) is 29.2 Å². The number of benzene rings is 1. The summed E-state index contributed by atoms with van der Waals surface area (Å²) in [5, 5.41) is 9.58. The van der Waals surface area contributed by atoms with Crippen LogP contribution in [0.25, 0.3) is 0 Å². The fourth-order valence-corrected chi connectivity index (χ4v) is 5.35. The minimum absolute atomic E-state index is 0.0123. The maximum Gasteiger partial charge on any atom is 0.253 e. The first kappa shape index (κ1) is 18.4. The SMILES string of the molecule is CC1CCCCN1S(=O)(=O)c1cccc(C(=O)N2CCC(O)CC2)c1. The minimum atomic E-state index is -3.58. The molecule has 1 atom stereocenters. The molecule has 2 heterocycles. The van der Waals surface area contributed by atoms with Gasteiger partial charge in [-0.25, -0.2) is 8.42 Å². The summed E-state index contributed by atoms with van der Waals surface area (Å²) in [5.74, 6) is -0.171. The molecule has 1 aromatic carbocycles. The molecule has 2 aliphatic heterocycles. The predicted octanol–water partition coefficient (Wildman–Crippen LogP) is 1.85. The molecule has 0 aromatic heterocycles. The number of aliphatic hydroxyl groups excluding tert-OH is 1. The van der Waals surface area contributed by atoms with Crippen LogP contribution in [-0.4, -0.2) is 60.4 Å². The number of carbonyl (C=O) groups is 1. The van der Waals surface area contributed by atoms with E-state index in [0.717, 1.165) is 19.3 Å². The van der Waals surface area contributed by atoms with Gasteiger partial charge in [-0.3, -0.25) is 4.79 Å². The highest BCUT2D eigenvalue weighted by Crippen LogP contribution is 2.26. The Balaban J connectivity index is 1.82. The van der Waals surface area contributed by atoms with E-state index < -0.39 is 10.0 Å². The van der Waals surface area contributed by atoms with Gasteiger partial charge in [-0.1, -0.05) is 12.5 Å². The molecule has 0 spiro atoms. The van der Waals surface area contributed by atoms with E-state index >= 15 is 0 Å². The van der Waals surface area contributed by atoms with Crippen molar-refractivity contribution in [2.75, 3.05) is 19.6 Å². The van der Waals surface area contributed by atoms with Gasteiger partial charge in [0, 0.05) is 31.2 Å². The van der Waals surface area contributed by atoms with E-state index in [0.29, 0.717) is 38.0 Å². The summed E-state index contributed by atoms with van der Waals surface area (Å²) in [7, 11) is -3.58. The predicted molar refractivity (Wildman–Crippen MR) is 94.8 cm³/mol. The first-order valence-corrected chi connectivity index (χ1v) is 10.4. The Hall–Kier alpha value is -1.44. The molecule has 2 saturated heterocycles. The first-order valence-electron chi connectivity index (χ1n) is 8.99. The smallest absolute Gasteiger partial charge is 0.253 e. The zero-order chi connectivity index (χ0) is 18.0. The molecule has 0 bridgehead atoms. The van der Waals surface area contributed by atoms with Gasteiger partial charge in [0.1, 0.15) is 0 Å².